The Hall–Kier alpha value is -2.64. The van der Waals surface area contributed by atoms with Crippen LogP contribution in [0.1, 0.15) is 10.4 Å². The van der Waals surface area contributed by atoms with Crippen molar-refractivity contribution in [2.24, 2.45) is 0 Å². The number of aromatic carboxylic acids is 1. The summed E-state index contributed by atoms with van der Waals surface area (Å²) in [6.45, 7) is 0.711. The van der Waals surface area contributed by atoms with E-state index in [1.807, 2.05) is 0 Å². The molecule has 1 aromatic carbocycles. The Kier molecular flexibility index (Phi) is 2.84. The SMILES string of the molecule is O=C(O)c1ccc(N2CCNC2=O)c([N+](=O)[O-])c1. The Balaban J connectivity index is 2.50. The number of carboxylic acid groups (broad SMARTS) is 1. The fraction of sp³-hybridized carbons (Fsp3) is 0.200. The average Bonchev–Trinajstić information content (AvgIpc) is 2.74. The second-order valence-electron chi connectivity index (χ2n) is 3.65. The molecular weight excluding hydrogens is 242 g/mol. The molecule has 1 saturated heterocycles. The Labute approximate surface area is 101 Å². The molecule has 2 rings (SSSR count). The zero-order valence-electron chi connectivity index (χ0n) is 9.12. The van der Waals surface area contributed by atoms with Crippen LogP contribution in [-0.2, 0) is 0 Å². The van der Waals surface area contributed by atoms with Crippen molar-refractivity contribution in [3.63, 3.8) is 0 Å². The Morgan fingerprint density at radius 3 is 2.72 bits per heavy atom. The molecule has 2 amide bonds. The molecule has 0 saturated carbocycles. The van der Waals surface area contributed by atoms with Gasteiger partial charge in [-0.05, 0) is 12.1 Å². The van der Waals surface area contributed by atoms with E-state index in [2.05, 4.69) is 5.32 Å². The van der Waals surface area contributed by atoms with Gasteiger partial charge in [-0.15, -0.1) is 0 Å². The molecule has 18 heavy (non-hydrogen) atoms. The van der Waals surface area contributed by atoms with Gasteiger partial charge in [0.25, 0.3) is 5.69 Å². The maximum absolute atomic E-state index is 11.4. The van der Waals surface area contributed by atoms with Crippen LogP contribution in [0.15, 0.2) is 18.2 Å². The summed E-state index contributed by atoms with van der Waals surface area (Å²) < 4.78 is 0. The lowest BCUT2D eigenvalue weighted by atomic mass is 10.1. The summed E-state index contributed by atoms with van der Waals surface area (Å²) in [4.78, 5) is 33.6. The molecule has 0 unspecified atom stereocenters. The third-order valence-corrected chi connectivity index (χ3v) is 2.57. The summed E-state index contributed by atoms with van der Waals surface area (Å²) in [5, 5.41) is 22.2. The number of nitrogens with one attached hydrogen (secondary N) is 1. The van der Waals surface area contributed by atoms with E-state index in [-0.39, 0.29) is 11.3 Å². The van der Waals surface area contributed by atoms with Gasteiger partial charge in [0.05, 0.1) is 10.5 Å². The summed E-state index contributed by atoms with van der Waals surface area (Å²) in [5.41, 5.74) is -0.489. The minimum Gasteiger partial charge on any atom is -0.478 e. The summed E-state index contributed by atoms with van der Waals surface area (Å²) in [6.07, 6.45) is 0. The molecule has 0 aromatic heterocycles. The minimum absolute atomic E-state index is 0.0972. The number of hydrogen-bond donors (Lipinski definition) is 2. The normalized spacial score (nSPS) is 14.4. The summed E-state index contributed by atoms with van der Waals surface area (Å²) in [6, 6.07) is 3.02. The second kappa shape index (κ2) is 4.32. The molecule has 8 nitrogen and oxygen atoms in total. The number of nitrogens with zero attached hydrogens (tertiary/aromatic N) is 2. The molecule has 0 atom stereocenters. The van der Waals surface area contributed by atoms with Gasteiger partial charge in [0.2, 0.25) is 0 Å². The molecule has 8 heteroatoms. The molecular formula is C10H9N3O5. The number of anilines is 1. The fourth-order valence-corrected chi connectivity index (χ4v) is 1.73. The molecule has 1 fully saturated rings. The molecule has 2 N–H and O–H groups in total. The van der Waals surface area contributed by atoms with Crippen molar-refractivity contribution in [2.45, 2.75) is 0 Å². The van der Waals surface area contributed by atoms with Gasteiger partial charge in [-0.2, -0.15) is 0 Å². The van der Waals surface area contributed by atoms with Crippen LogP contribution in [0.5, 0.6) is 0 Å². The number of amides is 2. The standard InChI is InChI=1S/C10H9N3O5/c14-9(15)6-1-2-7(8(5-6)13(17)18)12-4-3-11-10(12)16/h1-2,5H,3-4H2,(H,11,16)(H,14,15). The van der Waals surface area contributed by atoms with Crippen molar-refractivity contribution in [2.75, 3.05) is 18.0 Å². The van der Waals surface area contributed by atoms with Crippen LogP contribution < -0.4 is 10.2 Å². The number of nitro groups is 1. The van der Waals surface area contributed by atoms with Gasteiger partial charge >= 0.3 is 12.0 Å². The van der Waals surface area contributed by atoms with Crippen LogP contribution in [0, 0.1) is 10.1 Å². The zero-order chi connectivity index (χ0) is 13.3. The predicted molar refractivity (Wildman–Crippen MR) is 60.8 cm³/mol. The van der Waals surface area contributed by atoms with E-state index in [1.165, 1.54) is 17.0 Å². The monoisotopic (exact) mass is 251 g/mol. The van der Waals surface area contributed by atoms with Crippen molar-refractivity contribution in [1.82, 2.24) is 5.32 Å². The number of hydrogen-bond acceptors (Lipinski definition) is 4. The number of carbonyl (C=O) groups is 2. The van der Waals surface area contributed by atoms with Gasteiger partial charge in [0, 0.05) is 19.2 Å². The number of nitro benzene ring substituents is 1. The van der Waals surface area contributed by atoms with E-state index in [0.717, 1.165) is 6.07 Å². The van der Waals surface area contributed by atoms with E-state index >= 15 is 0 Å². The third-order valence-electron chi connectivity index (χ3n) is 2.57. The summed E-state index contributed by atoms with van der Waals surface area (Å²) in [5.74, 6) is -1.25. The van der Waals surface area contributed by atoms with Crippen LogP contribution >= 0.6 is 0 Å². The lowest BCUT2D eigenvalue weighted by molar-refractivity contribution is -0.384. The van der Waals surface area contributed by atoms with Crippen molar-refractivity contribution in [1.29, 1.82) is 0 Å². The van der Waals surface area contributed by atoms with E-state index in [1.54, 1.807) is 0 Å². The molecule has 94 valence electrons. The highest BCUT2D eigenvalue weighted by Gasteiger charge is 2.28. The number of benzene rings is 1. The molecule has 0 radical (unpaired) electrons. The number of carbonyl (C=O) groups excluding carboxylic acids is 1. The highest BCUT2D eigenvalue weighted by Crippen LogP contribution is 2.30. The van der Waals surface area contributed by atoms with Gasteiger partial charge < -0.3 is 10.4 Å². The highest BCUT2D eigenvalue weighted by molar-refractivity contribution is 5.98. The maximum atomic E-state index is 11.4. The third kappa shape index (κ3) is 1.95. The molecule has 0 bridgehead atoms. The fourth-order valence-electron chi connectivity index (χ4n) is 1.73. The quantitative estimate of drug-likeness (QED) is 0.610. The van der Waals surface area contributed by atoms with Crippen molar-refractivity contribution in [3.05, 3.63) is 33.9 Å². The molecule has 0 spiro atoms. The number of carboxylic acids is 1. The first-order valence-corrected chi connectivity index (χ1v) is 5.08. The largest absolute Gasteiger partial charge is 0.478 e. The first-order chi connectivity index (χ1) is 8.50. The smallest absolute Gasteiger partial charge is 0.335 e. The van der Waals surface area contributed by atoms with E-state index in [0.29, 0.717) is 13.1 Å². The lowest BCUT2D eigenvalue weighted by Crippen LogP contribution is -2.28. The maximum Gasteiger partial charge on any atom is 0.335 e. The van der Waals surface area contributed by atoms with Crippen LogP contribution in [-0.4, -0.2) is 35.1 Å². The average molecular weight is 251 g/mol. The van der Waals surface area contributed by atoms with Crippen LogP contribution in [0.3, 0.4) is 0 Å². The van der Waals surface area contributed by atoms with Gasteiger partial charge in [-0.25, -0.2) is 9.59 Å². The van der Waals surface area contributed by atoms with Crippen molar-refractivity contribution in [3.8, 4) is 0 Å². The molecule has 1 heterocycles. The van der Waals surface area contributed by atoms with Gasteiger partial charge in [0.15, 0.2) is 0 Å². The number of rotatable bonds is 3. The molecule has 0 aliphatic carbocycles. The predicted octanol–water partition coefficient (Wildman–Crippen LogP) is 0.823. The van der Waals surface area contributed by atoms with Crippen LogP contribution in [0.25, 0.3) is 0 Å². The first kappa shape index (κ1) is 11.8. The molecule has 1 aliphatic heterocycles. The van der Waals surface area contributed by atoms with Crippen LogP contribution in [0.4, 0.5) is 16.2 Å². The zero-order valence-corrected chi connectivity index (χ0v) is 9.12. The lowest BCUT2D eigenvalue weighted by Gasteiger charge is -2.14. The minimum atomic E-state index is -1.25. The summed E-state index contributed by atoms with van der Waals surface area (Å²) in [7, 11) is 0. The summed E-state index contributed by atoms with van der Waals surface area (Å²) >= 11 is 0. The Morgan fingerprint density at radius 1 is 1.50 bits per heavy atom. The van der Waals surface area contributed by atoms with Crippen molar-refractivity contribution < 1.29 is 19.6 Å². The first-order valence-electron chi connectivity index (χ1n) is 5.08. The highest BCUT2D eigenvalue weighted by atomic mass is 16.6. The van der Waals surface area contributed by atoms with Gasteiger partial charge in [0.1, 0.15) is 5.69 Å². The van der Waals surface area contributed by atoms with Gasteiger partial charge in [-0.1, -0.05) is 0 Å². The molecule has 1 aromatic rings. The number of urea groups is 1. The topological polar surface area (TPSA) is 113 Å². The van der Waals surface area contributed by atoms with E-state index in [9.17, 15) is 19.7 Å². The molecule has 1 aliphatic rings. The van der Waals surface area contributed by atoms with Crippen molar-refractivity contribution >= 4 is 23.4 Å². The Morgan fingerprint density at radius 2 is 2.22 bits per heavy atom. The second-order valence-corrected chi connectivity index (χ2v) is 3.65. The van der Waals surface area contributed by atoms with Gasteiger partial charge in [-0.3, -0.25) is 15.0 Å². The Bertz CT molecular complexity index is 542. The van der Waals surface area contributed by atoms with E-state index in [4.69, 9.17) is 5.11 Å². The van der Waals surface area contributed by atoms with E-state index < -0.39 is 22.6 Å². The van der Waals surface area contributed by atoms with Crippen LogP contribution in [0.2, 0.25) is 0 Å².